The molecule has 1 atom stereocenters. The molecule has 0 saturated carbocycles. The van der Waals surface area contributed by atoms with E-state index in [0.717, 1.165) is 15.9 Å². The molecule has 0 aromatic heterocycles. The Labute approximate surface area is 194 Å². The van der Waals surface area contributed by atoms with Crippen LogP contribution in [-0.2, 0) is 0 Å². The molecule has 0 radical (unpaired) electrons. The number of benzene rings is 3. The summed E-state index contributed by atoms with van der Waals surface area (Å²) in [4.78, 5) is 0. The molecule has 3 aromatic carbocycles. The van der Waals surface area contributed by atoms with E-state index in [1.54, 1.807) is 42.7 Å². The maximum atomic E-state index is 5.80. The van der Waals surface area contributed by atoms with Gasteiger partial charge in [-0.25, -0.2) is 0 Å². The molecule has 8 heteroatoms. The van der Waals surface area contributed by atoms with Gasteiger partial charge in [0.2, 0.25) is 0 Å². The number of rotatable bonds is 9. The molecule has 0 fully saturated rings. The summed E-state index contributed by atoms with van der Waals surface area (Å²) in [6.07, 6.45) is 0. The SMILES string of the molecule is COc1cccc(P(c2cccc(OC)c2OC)c2cccc(OC)c2OC)c1OC.P. The van der Waals surface area contributed by atoms with Crippen molar-refractivity contribution in [2.24, 2.45) is 0 Å². The predicted molar refractivity (Wildman–Crippen MR) is 136 cm³/mol. The highest BCUT2D eigenvalue weighted by Crippen LogP contribution is 2.47. The third-order valence-corrected chi connectivity index (χ3v) is 7.37. The van der Waals surface area contributed by atoms with Crippen LogP contribution in [0.25, 0.3) is 0 Å². The molecule has 0 aliphatic carbocycles. The molecule has 0 aliphatic heterocycles. The largest absolute Gasteiger partial charge is 0.493 e. The summed E-state index contributed by atoms with van der Waals surface area (Å²) in [7, 11) is 8.59. The second kappa shape index (κ2) is 11.8. The van der Waals surface area contributed by atoms with Gasteiger partial charge in [-0.2, -0.15) is 9.90 Å². The van der Waals surface area contributed by atoms with E-state index in [0.29, 0.717) is 34.5 Å². The van der Waals surface area contributed by atoms with Crippen molar-refractivity contribution in [2.45, 2.75) is 0 Å². The van der Waals surface area contributed by atoms with Gasteiger partial charge in [-0.1, -0.05) is 18.2 Å². The second-order valence-electron chi connectivity index (χ2n) is 6.37. The highest BCUT2D eigenvalue weighted by molar-refractivity contribution is 7.80. The van der Waals surface area contributed by atoms with E-state index in [-0.39, 0.29) is 9.90 Å². The van der Waals surface area contributed by atoms with Gasteiger partial charge in [0.05, 0.1) is 42.7 Å². The van der Waals surface area contributed by atoms with Crippen LogP contribution in [0.3, 0.4) is 0 Å². The van der Waals surface area contributed by atoms with Crippen molar-refractivity contribution in [1.82, 2.24) is 0 Å². The Bertz CT molecular complexity index is 909. The molecule has 0 saturated heterocycles. The molecule has 32 heavy (non-hydrogen) atoms. The Kier molecular flexibility index (Phi) is 9.43. The molecule has 0 spiro atoms. The quantitative estimate of drug-likeness (QED) is 0.441. The summed E-state index contributed by atoms with van der Waals surface area (Å²) >= 11 is 0. The molecule has 172 valence electrons. The molecule has 1 unspecified atom stereocenters. The Morgan fingerprint density at radius 3 is 0.938 bits per heavy atom. The smallest absolute Gasteiger partial charge is 0.169 e. The van der Waals surface area contributed by atoms with Crippen LogP contribution in [0.5, 0.6) is 34.5 Å². The van der Waals surface area contributed by atoms with Crippen molar-refractivity contribution in [2.75, 3.05) is 42.7 Å². The zero-order valence-corrected chi connectivity index (χ0v) is 21.6. The van der Waals surface area contributed by atoms with E-state index in [4.69, 9.17) is 28.4 Å². The van der Waals surface area contributed by atoms with Crippen LogP contribution in [0.4, 0.5) is 0 Å². The molecule has 3 rings (SSSR count). The third kappa shape index (κ3) is 4.72. The molecule has 0 aliphatic rings. The molecule has 3 aromatic rings. The van der Waals surface area contributed by atoms with E-state index < -0.39 is 7.92 Å². The van der Waals surface area contributed by atoms with Gasteiger partial charge in [-0.3, -0.25) is 0 Å². The van der Waals surface area contributed by atoms with Gasteiger partial charge in [0.15, 0.2) is 34.5 Å². The van der Waals surface area contributed by atoms with Crippen molar-refractivity contribution >= 4 is 33.7 Å². The average molecular weight is 476 g/mol. The van der Waals surface area contributed by atoms with Crippen molar-refractivity contribution in [1.29, 1.82) is 0 Å². The fourth-order valence-corrected chi connectivity index (χ4v) is 6.23. The monoisotopic (exact) mass is 476 g/mol. The van der Waals surface area contributed by atoms with Crippen molar-refractivity contribution in [3.8, 4) is 34.5 Å². The molecule has 6 nitrogen and oxygen atoms in total. The summed E-state index contributed by atoms with van der Waals surface area (Å²) < 4.78 is 34.1. The van der Waals surface area contributed by atoms with Crippen molar-refractivity contribution in [3.63, 3.8) is 0 Å². The van der Waals surface area contributed by atoms with Crippen LogP contribution in [0.1, 0.15) is 0 Å². The first-order valence-electron chi connectivity index (χ1n) is 9.58. The average Bonchev–Trinajstić information content (AvgIpc) is 2.83. The van der Waals surface area contributed by atoms with E-state index in [9.17, 15) is 0 Å². The minimum Gasteiger partial charge on any atom is -0.493 e. The lowest BCUT2D eigenvalue weighted by atomic mass is 10.3. The fourth-order valence-electron chi connectivity index (χ4n) is 3.53. The van der Waals surface area contributed by atoms with Gasteiger partial charge in [-0.05, 0) is 44.3 Å². The van der Waals surface area contributed by atoms with Gasteiger partial charge >= 0.3 is 0 Å². The minimum atomic E-state index is -1.21. The van der Waals surface area contributed by atoms with Crippen LogP contribution >= 0.6 is 17.8 Å². The Hall–Kier alpha value is -2.68. The number of para-hydroxylation sites is 3. The Morgan fingerprint density at radius 1 is 0.438 bits per heavy atom. The normalized spacial score (nSPS) is 10.2. The van der Waals surface area contributed by atoms with Crippen molar-refractivity contribution in [3.05, 3.63) is 54.6 Å². The lowest BCUT2D eigenvalue weighted by molar-refractivity contribution is 0.356. The van der Waals surface area contributed by atoms with Gasteiger partial charge in [0.25, 0.3) is 0 Å². The highest BCUT2D eigenvalue weighted by Gasteiger charge is 2.30. The van der Waals surface area contributed by atoms with Crippen LogP contribution < -0.4 is 44.3 Å². The molecule has 0 amide bonds. The van der Waals surface area contributed by atoms with Gasteiger partial charge in [-0.15, -0.1) is 0 Å². The zero-order valence-electron chi connectivity index (χ0n) is 19.3. The molecule has 0 N–H and O–H groups in total. The summed E-state index contributed by atoms with van der Waals surface area (Å²) in [6.45, 7) is 0. The summed E-state index contributed by atoms with van der Waals surface area (Å²) in [5.41, 5.74) is 0. The fraction of sp³-hybridized carbons (Fsp3) is 0.250. The minimum absolute atomic E-state index is 0. The molecular weight excluding hydrogens is 446 g/mol. The standard InChI is InChI=1S/C24H27O6P.H3P/c1-25-16-10-7-13-19(22(16)28-4)31(20-14-8-11-17(26-2)23(20)29-5)21-15-9-12-18(27-3)24(21)30-6;/h7-15H,1-6H3;1H3. The highest BCUT2D eigenvalue weighted by atomic mass is 31.1. The first-order valence-corrected chi connectivity index (χ1v) is 10.9. The number of ether oxygens (including phenoxy) is 6. The Balaban J connectivity index is 0.00000363. The van der Waals surface area contributed by atoms with Crippen LogP contribution in [0.15, 0.2) is 54.6 Å². The lowest BCUT2D eigenvalue weighted by Crippen LogP contribution is -2.25. The van der Waals surface area contributed by atoms with Gasteiger partial charge < -0.3 is 28.4 Å². The maximum Gasteiger partial charge on any atom is 0.169 e. The van der Waals surface area contributed by atoms with E-state index in [2.05, 4.69) is 0 Å². The number of hydrogen-bond donors (Lipinski definition) is 0. The number of methoxy groups -OCH3 is 6. The first-order chi connectivity index (χ1) is 15.1. The van der Waals surface area contributed by atoms with Gasteiger partial charge in [0.1, 0.15) is 0 Å². The van der Waals surface area contributed by atoms with Crippen LogP contribution in [-0.4, -0.2) is 42.7 Å². The Morgan fingerprint density at radius 2 is 0.719 bits per heavy atom. The third-order valence-electron chi connectivity index (χ3n) is 4.87. The predicted octanol–water partition coefficient (Wildman–Crippen LogP) is 3.55. The summed E-state index contributed by atoms with van der Waals surface area (Å²) in [5, 5.41) is 2.86. The van der Waals surface area contributed by atoms with E-state index in [1.165, 1.54) is 0 Å². The zero-order chi connectivity index (χ0) is 22.4. The van der Waals surface area contributed by atoms with Crippen LogP contribution in [0, 0.1) is 0 Å². The molecule has 0 bridgehead atoms. The van der Waals surface area contributed by atoms with E-state index in [1.807, 2.05) is 54.6 Å². The number of hydrogen-bond acceptors (Lipinski definition) is 6. The van der Waals surface area contributed by atoms with E-state index >= 15 is 0 Å². The van der Waals surface area contributed by atoms with Crippen LogP contribution in [0.2, 0.25) is 0 Å². The maximum absolute atomic E-state index is 5.80. The molecule has 0 heterocycles. The second-order valence-corrected chi connectivity index (χ2v) is 8.49. The summed E-state index contributed by atoms with van der Waals surface area (Å²) in [6, 6.07) is 17.6. The summed E-state index contributed by atoms with van der Waals surface area (Å²) in [5.74, 6) is 3.92. The lowest BCUT2D eigenvalue weighted by Gasteiger charge is -2.26. The topological polar surface area (TPSA) is 55.4 Å². The first kappa shape index (κ1) is 25.6. The molecular formula is C24H30O6P2. The van der Waals surface area contributed by atoms with Gasteiger partial charge in [0, 0.05) is 15.9 Å². The van der Waals surface area contributed by atoms with Crippen molar-refractivity contribution < 1.29 is 28.4 Å².